The lowest BCUT2D eigenvalue weighted by Gasteiger charge is -2.19. The molecule has 1 aliphatic heterocycles. The lowest BCUT2D eigenvalue weighted by molar-refractivity contribution is -0.118. The van der Waals surface area contributed by atoms with Gasteiger partial charge in [-0.05, 0) is 17.5 Å². The van der Waals surface area contributed by atoms with Crippen LogP contribution in [0.3, 0.4) is 0 Å². The van der Waals surface area contributed by atoms with E-state index in [1.165, 1.54) is 0 Å². The SMILES string of the molecule is O=C1COc2cc(NCc3nc(-c4cccs4)no3)c(Cl)cc2N1. The first-order chi connectivity index (χ1) is 11.7. The number of aromatic nitrogens is 2. The molecule has 0 spiro atoms. The van der Waals surface area contributed by atoms with Crippen LogP contribution in [0.5, 0.6) is 5.75 Å². The Kier molecular flexibility index (Phi) is 3.83. The molecule has 24 heavy (non-hydrogen) atoms. The molecule has 4 rings (SSSR count). The second-order valence-electron chi connectivity index (χ2n) is 5.01. The largest absolute Gasteiger partial charge is 0.482 e. The normalized spacial score (nSPS) is 13.1. The number of hydrogen-bond acceptors (Lipinski definition) is 7. The number of carbonyl (C=O) groups is 1. The fraction of sp³-hybridized carbons (Fsp3) is 0.133. The number of fused-ring (bicyclic) bond motifs is 1. The molecule has 3 aromatic rings. The van der Waals surface area contributed by atoms with Crippen LogP contribution in [-0.2, 0) is 11.3 Å². The molecule has 2 N–H and O–H groups in total. The van der Waals surface area contributed by atoms with Gasteiger partial charge in [-0.15, -0.1) is 11.3 Å². The summed E-state index contributed by atoms with van der Waals surface area (Å²) in [5, 5.41) is 12.2. The summed E-state index contributed by atoms with van der Waals surface area (Å²) in [6, 6.07) is 7.23. The average molecular weight is 363 g/mol. The van der Waals surface area contributed by atoms with Gasteiger partial charge in [0.25, 0.3) is 5.91 Å². The number of benzene rings is 1. The van der Waals surface area contributed by atoms with Gasteiger partial charge in [-0.1, -0.05) is 22.8 Å². The molecule has 0 radical (unpaired) electrons. The maximum Gasteiger partial charge on any atom is 0.262 e. The van der Waals surface area contributed by atoms with Gasteiger partial charge in [0.2, 0.25) is 11.7 Å². The molecule has 9 heteroatoms. The van der Waals surface area contributed by atoms with E-state index in [4.69, 9.17) is 20.9 Å². The third-order valence-electron chi connectivity index (χ3n) is 3.34. The lowest BCUT2D eigenvalue weighted by Crippen LogP contribution is -2.25. The number of amides is 1. The maximum absolute atomic E-state index is 11.3. The Bertz CT molecular complexity index is 894. The number of rotatable bonds is 4. The lowest BCUT2D eigenvalue weighted by atomic mass is 10.2. The molecule has 0 unspecified atom stereocenters. The monoisotopic (exact) mass is 362 g/mol. The molecule has 2 aromatic heterocycles. The summed E-state index contributed by atoms with van der Waals surface area (Å²) in [4.78, 5) is 16.6. The van der Waals surface area contributed by atoms with Crippen LogP contribution in [0.2, 0.25) is 5.02 Å². The van der Waals surface area contributed by atoms with Crippen LogP contribution in [0, 0.1) is 0 Å². The van der Waals surface area contributed by atoms with Crippen molar-refractivity contribution in [2.45, 2.75) is 6.54 Å². The highest BCUT2D eigenvalue weighted by atomic mass is 35.5. The molecule has 1 amide bonds. The van der Waals surface area contributed by atoms with Crippen LogP contribution < -0.4 is 15.4 Å². The van der Waals surface area contributed by atoms with Crippen molar-refractivity contribution < 1.29 is 14.1 Å². The topological polar surface area (TPSA) is 89.3 Å². The quantitative estimate of drug-likeness (QED) is 0.739. The number of ether oxygens (including phenoxy) is 1. The molecule has 1 aliphatic rings. The van der Waals surface area contributed by atoms with Crippen LogP contribution in [0.1, 0.15) is 5.89 Å². The van der Waals surface area contributed by atoms with E-state index < -0.39 is 0 Å². The highest BCUT2D eigenvalue weighted by Gasteiger charge is 2.18. The fourth-order valence-corrected chi connectivity index (χ4v) is 3.12. The molecule has 3 heterocycles. The fourth-order valence-electron chi connectivity index (χ4n) is 2.24. The van der Waals surface area contributed by atoms with Crippen molar-refractivity contribution in [2.75, 3.05) is 17.2 Å². The number of halogens is 1. The molecule has 0 bridgehead atoms. The number of nitrogens with one attached hydrogen (secondary N) is 2. The summed E-state index contributed by atoms with van der Waals surface area (Å²) in [6.07, 6.45) is 0. The first kappa shape index (κ1) is 15.0. The van der Waals surface area contributed by atoms with Gasteiger partial charge in [0.15, 0.2) is 6.61 Å². The van der Waals surface area contributed by atoms with Crippen molar-refractivity contribution in [3.8, 4) is 16.5 Å². The zero-order chi connectivity index (χ0) is 16.5. The first-order valence-electron chi connectivity index (χ1n) is 7.05. The van der Waals surface area contributed by atoms with Crippen molar-refractivity contribution in [3.05, 3.63) is 40.6 Å². The maximum atomic E-state index is 11.3. The number of anilines is 2. The van der Waals surface area contributed by atoms with E-state index in [1.54, 1.807) is 23.5 Å². The van der Waals surface area contributed by atoms with Gasteiger partial charge in [-0.3, -0.25) is 4.79 Å². The van der Waals surface area contributed by atoms with Crippen LogP contribution in [-0.4, -0.2) is 22.7 Å². The third-order valence-corrected chi connectivity index (χ3v) is 4.52. The summed E-state index contributed by atoms with van der Waals surface area (Å²) in [6.45, 7) is 0.311. The number of thiophene rings is 1. The molecule has 0 fully saturated rings. The minimum absolute atomic E-state index is 0.0120. The van der Waals surface area contributed by atoms with Gasteiger partial charge in [0.1, 0.15) is 5.75 Å². The number of hydrogen-bond donors (Lipinski definition) is 2. The molecule has 1 aromatic carbocycles. The Morgan fingerprint density at radius 1 is 1.42 bits per heavy atom. The Hall–Kier alpha value is -2.58. The van der Waals surface area contributed by atoms with E-state index in [1.807, 2.05) is 17.5 Å². The molecule has 122 valence electrons. The second kappa shape index (κ2) is 6.14. The summed E-state index contributed by atoms with van der Waals surface area (Å²) in [7, 11) is 0. The molecule has 0 atom stereocenters. The summed E-state index contributed by atoms with van der Waals surface area (Å²) >= 11 is 7.77. The molecule has 7 nitrogen and oxygen atoms in total. The van der Waals surface area contributed by atoms with Gasteiger partial charge in [-0.2, -0.15) is 4.98 Å². The predicted molar refractivity (Wildman–Crippen MR) is 90.5 cm³/mol. The Labute approximate surface area is 145 Å². The average Bonchev–Trinajstić information content (AvgIpc) is 3.24. The van der Waals surface area contributed by atoms with Gasteiger partial charge in [0.05, 0.1) is 27.8 Å². The predicted octanol–water partition coefficient (Wildman–Crippen LogP) is 3.39. The van der Waals surface area contributed by atoms with Gasteiger partial charge < -0.3 is 19.9 Å². The summed E-state index contributed by atoms with van der Waals surface area (Å²) in [5.41, 5.74) is 1.21. The third kappa shape index (κ3) is 2.93. The molecular weight excluding hydrogens is 352 g/mol. The van der Waals surface area contributed by atoms with Crippen LogP contribution in [0.15, 0.2) is 34.2 Å². The summed E-state index contributed by atoms with van der Waals surface area (Å²) in [5.74, 6) is 1.36. The highest BCUT2D eigenvalue weighted by Crippen LogP contribution is 2.36. The molecule has 0 saturated carbocycles. The van der Waals surface area contributed by atoms with Gasteiger partial charge in [-0.25, -0.2) is 0 Å². The van der Waals surface area contributed by atoms with E-state index in [-0.39, 0.29) is 12.5 Å². The van der Waals surface area contributed by atoms with Crippen molar-refractivity contribution in [2.24, 2.45) is 0 Å². The van der Waals surface area contributed by atoms with Crippen molar-refractivity contribution in [1.82, 2.24) is 10.1 Å². The standard InChI is InChI=1S/C15H11ClN4O3S/c16-8-4-10-11(22-7-13(21)18-10)5-9(8)17-6-14-19-15(20-23-14)12-2-1-3-24-12/h1-5,17H,6-7H2,(H,18,21). The van der Waals surface area contributed by atoms with E-state index in [9.17, 15) is 4.79 Å². The second-order valence-corrected chi connectivity index (χ2v) is 6.36. The zero-order valence-electron chi connectivity index (χ0n) is 12.2. The Morgan fingerprint density at radius 3 is 3.17 bits per heavy atom. The summed E-state index contributed by atoms with van der Waals surface area (Å²) < 4.78 is 10.6. The zero-order valence-corrected chi connectivity index (χ0v) is 13.8. The Balaban J connectivity index is 1.49. The van der Waals surface area contributed by atoms with Crippen molar-refractivity contribution in [1.29, 1.82) is 0 Å². The molecular formula is C15H11ClN4O3S. The first-order valence-corrected chi connectivity index (χ1v) is 8.31. The van der Waals surface area contributed by atoms with Crippen molar-refractivity contribution >= 4 is 40.2 Å². The minimum atomic E-state index is -0.203. The molecule has 0 aliphatic carbocycles. The number of nitrogens with zero attached hydrogens (tertiary/aromatic N) is 2. The van der Waals surface area contributed by atoms with E-state index in [0.29, 0.717) is 40.4 Å². The van der Waals surface area contributed by atoms with Crippen LogP contribution >= 0.6 is 22.9 Å². The molecule has 0 saturated heterocycles. The van der Waals surface area contributed by atoms with Gasteiger partial charge >= 0.3 is 0 Å². The van der Waals surface area contributed by atoms with Crippen LogP contribution in [0.25, 0.3) is 10.7 Å². The van der Waals surface area contributed by atoms with Gasteiger partial charge in [0, 0.05) is 6.07 Å². The number of carbonyl (C=O) groups excluding carboxylic acids is 1. The highest BCUT2D eigenvalue weighted by molar-refractivity contribution is 7.13. The van der Waals surface area contributed by atoms with E-state index in [0.717, 1.165) is 4.88 Å². The minimum Gasteiger partial charge on any atom is -0.482 e. The smallest absolute Gasteiger partial charge is 0.262 e. The van der Waals surface area contributed by atoms with E-state index in [2.05, 4.69) is 20.8 Å². The Morgan fingerprint density at radius 2 is 2.33 bits per heavy atom. The van der Waals surface area contributed by atoms with Crippen LogP contribution in [0.4, 0.5) is 11.4 Å². The van der Waals surface area contributed by atoms with Crippen molar-refractivity contribution in [3.63, 3.8) is 0 Å². The van der Waals surface area contributed by atoms with E-state index >= 15 is 0 Å².